The highest BCUT2D eigenvalue weighted by Gasteiger charge is 2.16. The van der Waals surface area contributed by atoms with E-state index in [1.165, 1.54) is 24.3 Å². The zero-order valence-corrected chi connectivity index (χ0v) is 8.55. The Kier molecular flexibility index (Phi) is 2.44. The molecule has 5 nitrogen and oxygen atoms in total. The minimum absolute atomic E-state index is 0.0497. The van der Waals surface area contributed by atoms with Crippen LogP contribution in [0, 0.1) is 6.07 Å². The summed E-state index contributed by atoms with van der Waals surface area (Å²) >= 11 is 0. The normalized spacial score (nSPS) is 10.4. The molecule has 1 radical (unpaired) electrons. The van der Waals surface area contributed by atoms with Crippen LogP contribution in [0.1, 0.15) is 0 Å². The summed E-state index contributed by atoms with van der Waals surface area (Å²) in [6, 6.07) is 7.68. The summed E-state index contributed by atoms with van der Waals surface area (Å²) in [5, 5.41) is 47.0. The zero-order chi connectivity index (χ0) is 12.6. The minimum atomic E-state index is -0.731. The van der Waals surface area contributed by atoms with E-state index in [1.54, 1.807) is 0 Å². The van der Waals surface area contributed by atoms with Crippen LogP contribution >= 0.6 is 0 Å². The lowest BCUT2D eigenvalue weighted by Crippen LogP contribution is -1.82. The molecule has 2 rings (SSSR count). The van der Waals surface area contributed by atoms with Gasteiger partial charge in [0.2, 0.25) is 5.75 Å². The Labute approximate surface area is 96.5 Å². The van der Waals surface area contributed by atoms with Crippen LogP contribution in [-0.2, 0) is 0 Å². The maximum Gasteiger partial charge on any atom is 0.201 e. The molecule has 17 heavy (non-hydrogen) atoms. The van der Waals surface area contributed by atoms with Crippen LogP contribution in [-0.4, -0.2) is 25.5 Å². The van der Waals surface area contributed by atoms with Gasteiger partial charge < -0.3 is 25.5 Å². The number of hydrogen-bond donors (Lipinski definition) is 5. The number of phenols is 5. The first-order chi connectivity index (χ1) is 8.02. The molecule has 0 aliphatic rings. The van der Waals surface area contributed by atoms with Crippen LogP contribution in [0.5, 0.6) is 28.7 Å². The van der Waals surface area contributed by atoms with E-state index in [9.17, 15) is 20.4 Å². The largest absolute Gasteiger partial charge is 0.504 e. The molecule has 5 N–H and O–H groups in total. The molecule has 2 aromatic carbocycles. The highest BCUT2D eigenvalue weighted by atomic mass is 16.3. The first-order valence-corrected chi connectivity index (χ1v) is 4.69. The van der Waals surface area contributed by atoms with Gasteiger partial charge in [-0.3, -0.25) is 0 Å². The molecule has 0 aliphatic heterocycles. The van der Waals surface area contributed by atoms with Gasteiger partial charge in [-0.1, -0.05) is 12.1 Å². The van der Waals surface area contributed by atoms with Gasteiger partial charge in [0, 0.05) is 17.2 Å². The lowest BCUT2D eigenvalue weighted by molar-refractivity contribution is 0.368. The molecule has 0 aliphatic carbocycles. The van der Waals surface area contributed by atoms with Crippen molar-refractivity contribution in [3.63, 3.8) is 0 Å². The Morgan fingerprint density at radius 3 is 2.18 bits per heavy atom. The lowest BCUT2D eigenvalue weighted by Gasteiger charge is -2.09. The summed E-state index contributed by atoms with van der Waals surface area (Å²) in [6.45, 7) is 0. The summed E-state index contributed by atoms with van der Waals surface area (Å²) < 4.78 is 0. The van der Waals surface area contributed by atoms with E-state index in [-0.39, 0.29) is 16.9 Å². The van der Waals surface area contributed by atoms with Gasteiger partial charge in [0.25, 0.3) is 0 Å². The summed E-state index contributed by atoms with van der Waals surface area (Å²) in [4.78, 5) is 0. The van der Waals surface area contributed by atoms with E-state index in [0.29, 0.717) is 0 Å². The number of phenolic OH excluding ortho intramolecular Hbond substituents is 5. The molecule has 87 valence electrons. The molecule has 5 heteroatoms. The van der Waals surface area contributed by atoms with Crippen LogP contribution in [0.4, 0.5) is 0 Å². The number of aromatic hydroxyl groups is 5. The van der Waals surface area contributed by atoms with Gasteiger partial charge in [-0.15, -0.1) is 0 Å². The van der Waals surface area contributed by atoms with E-state index in [0.717, 1.165) is 0 Å². The minimum Gasteiger partial charge on any atom is -0.504 e. The lowest BCUT2D eigenvalue weighted by atomic mass is 10.0. The molecule has 0 atom stereocenters. The van der Waals surface area contributed by atoms with Gasteiger partial charge in [0.15, 0.2) is 23.0 Å². The molecule has 0 heterocycles. The SMILES string of the molecule is Oc1[c]cc(-c2cccc(O)c2O)c(O)c1O. The molecule has 2 aromatic rings. The Bertz CT molecular complexity index is 577. The van der Waals surface area contributed by atoms with Crippen LogP contribution < -0.4 is 0 Å². The fraction of sp³-hybridized carbons (Fsp3) is 0. The van der Waals surface area contributed by atoms with Gasteiger partial charge >= 0.3 is 0 Å². The van der Waals surface area contributed by atoms with Crippen molar-refractivity contribution in [2.75, 3.05) is 0 Å². The van der Waals surface area contributed by atoms with Gasteiger partial charge in [-0.2, -0.15) is 0 Å². The molecule has 0 fully saturated rings. The van der Waals surface area contributed by atoms with E-state index in [4.69, 9.17) is 5.11 Å². The molecule has 0 unspecified atom stereocenters. The highest BCUT2D eigenvalue weighted by Crippen LogP contribution is 2.45. The molecule has 0 aromatic heterocycles. The van der Waals surface area contributed by atoms with Crippen molar-refractivity contribution in [2.45, 2.75) is 0 Å². The molecule has 0 spiro atoms. The molecule has 0 saturated heterocycles. The van der Waals surface area contributed by atoms with Crippen molar-refractivity contribution in [1.29, 1.82) is 0 Å². The maximum atomic E-state index is 9.62. The number of hydrogen-bond acceptors (Lipinski definition) is 5. The van der Waals surface area contributed by atoms with Crippen LogP contribution in [0.15, 0.2) is 24.3 Å². The molecular formula is C12H9O5. The average molecular weight is 233 g/mol. The molecular weight excluding hydrogens is 224 g/mol. The van der Waals surface area contributed by atoms with Crippen LogP contribution in [0.3, 0.4) is 0 Å². The third-order valence-corrected chi connectivity index (χ3v) is 2.36. The van der Waals surface area contributed by atoms with E-state index >= 15 is 0 Å². The highest BCUT2D eigenvalue weighted by molar-refractivity contribution is 5.80. The second-order valence-corrected chi connectivity index (χ2v) is 3.42. The molecule has 0 saturated carbocycles. The van der Waals surface area contributed by atoms with Crippen molar-refractivity contribution in [2.24, 2.45) is 0 Å². The first-order valence-electron chi connectivity index (χ1n) is 4.69. The average Bonchev–Trinajstić information content (AvgIpc) is 2.31. The van der Waals surface area contributed by atoms with Crippen molar-refractivity contribution in [3.8, 4) is 39.9 Å². The zero-order valence-electron chi connectivity index (χ0n) is 8.55. The van der Waals surface area contributed by atoms with Crippen LogP contribution in [0.2, 0.25) is 0 Å². The predicted molar refractivity (Wildman–Crippen MR) is 59.0 cm³/mol. The summed E-state index contributed by atoms with van der Waals surface area (Å²) in [7, 11) is 0. The van der Waals surface area contributed by atoms with Crippen molar-refractivity contribution < 1.29 is 25.5 Å². The number of rotatable bonds is 1. The summed E-state index contributed by atoms with van der Waals surface area (Å²) in [5.41, 5.74) is 0.169. The summed E-state index contributed by atoms with van der Waals surface area (Å²) in [5.74, 6) is -2.70. The van der Waals surface area contributed by atoms with E-state index in [2.05, 4.69) is 6.07 Å². The van der Waals surface area contributed by atoms with Crippen molar-refractivity contribution >= 4 is 0 Å². The fourth-order valence-corrected chi connectivity index (χ4v) is 1.47. The third kappa shape index (κ3) is 1.67. The van der Waals surface area contributed by atoms with Crippen LogP contribution in [0.25, 0.3) is 11.1 Å². The number of para-hydroxylation sites is 1. The quantitative estimate of drug-likeness (QED) is 0.482. The fourth-order valence-electron chi connectivity index (χ4n) is 1.47. The topological polar surface area (TPSA) is 101 Å². The predicted octanol–water partition coefficient (Wildman–Crippen LogP) is 1.68. The smallest absolute Gasteiger partial charge is 0.201 e. The molecule has 0 amide bonds. The van der Waals surface area contributed by atoms with E-state index < -0.39 is 23.0 Å². The second kappa shape index (κ2) is 3.79. The monoisotopic (exact) mass is 233 g/mol. The third-order valence-electron chi connectivity index (χ3n) is 2.36. The van der Waals surface area contributed by atoms with E-state index in [1.807, 2.05) is 0 Å². The van der Waals surface area contributed by atoms with Gasteiger partial charge in [-0.05, 0) is 12.1 Å². The van der Waals surface area contributed by atoms with Crippen molar-refractivity contribution in [1.82, 2.24) is 0 Å². The van der Waals surface area contributed by atoms with Gasteiger partial charge in [0.1, 0.15) is 0 Å². The summed E-state index contributed by atoms with van der Waals surface area (Å²) in [6.07, 6.45) is 0. The maximum absolute atomic E-state index is 9.62. The van der Waals surface area contributed by atoms with Gasteiger partial charge in [0.05, 0.1) is 0 Å². The second-order valence-electron chi connectivity index (χ2n) is 3.42. The molecule has 0 bridgehead atoms. The number of benzene rings is 2. The Morgan fingerprint density at radius 2 is 1.47 bits per heavy atom. The Hall–Kier alpha value is -2.56. The Morgan fingerprint density at radius 1 is 0.765 bits per heavy atom. The Balaban J connectivity index is 2.69. The van der Waals surface area contributed by atoms with Gasteiger partial charge in [-0.25, -0.2) is 0 Å². The van der Waals surface area contributed by atoms with Crippen molar-refractivity contribution in [3.05, 3.63) is 30.3 Å². The standard InChI is InChI=1S/C12H9O5/c13-8-3-1-2-6(10(8)15)7-4-5-9(14)12(17)11(7)16/h1-4,13-17H. The first kappa shape index (κ1) is 10.9.